The molecule has 3 aromatic rings. The lowest BCUT2D eigenvalue weighted by atomic mass is 10.1. The fourth-order valence-electron chi connectivity index (χ4n) is 3.53. The Kier molecular flexibility index (Phi) is 6.58. The van der Waals surface area contributed by atoms with E-state index in [1.54, 1.807) is 63.6 Å². The van der Waals surface area contributed by atoms with Crippen LogP contribution in [0.1, 0.15) is 30.5 Å². The molecule has 0 aliphatic carbocycles. The fraction of sp³-hybridized carbons (Fsp3) is 0.269. The van der Waals surface area contributed by atoms with E-state index in [0.717, 1.165) is 15.8 Å². The molecule has 2 heterocycles. The Morgan fingerprint density at radius 2 is 2.00 bits per heavy atom. The number of nitrogens with one attached hydrogen (secondary N) is 1. The number of ether oxygens (including phenoxy) is 1. The van der Waals surface area contributed by atoms with Crippen LogP contribution in [0, 0.1) is 17.7 Å². The summed E-state index contributed by atoms with van der Waals surface area (Å²) in [5, 5.41) is 6.78. The lowest BCUT2D eigenvalue weighted by Gasteiger charge is -2.20. The number of nitrogens with two attached hydrogens (primary N) is 1. The molecule has 1 aliphatic rings. The SMILES string of the molecule is CN1C(=O)C(NC(=O)n2cc(Cc3ccc(F)cc3)cn2)COc2ccc(C#CC(C)(C)N)cc21. The van der Waals surface area contributed by atoms with Gasteiger partial charge in [-0.2, -0.15) is 9.78 Å². The third-order valence-electron chi connectivity index (χ3n) is 5.35. The Labute approximate surface area is 202 Å². The van der Waals surface area contributed by atoms with Crippen molar-refractivity contribution >= 4 is 17.6 Å². The van der Waals surface area contributed by atoms with Gasteiger partial charge in [-0.15, -0.1) is 0 Å². The number of hydrogen-bond acceptors (Lipinski definition) is 5. The topological polar surface area (TPSA) is 102 Å². The van der Waals surface area contributed by atoms with Crippen LogP contribution in [-0.2, 0) is 11.2 Å². The van der Waals surface area contributed by atoms with Crippen LogP contribution in [0.5, 0.6) is 5.75 Å². The van der Waals surface area contributed by atoms with Gasteiger partial charge in [0.05, 0.1) is 17.4 Å². The van der Waals surface area contributed by atoms with Gasteiger partial charge in [0.15, 0.2) is 0 Å². The van der Waals surface area contributed by atoms with Crippen molar-refractivity contribution in [2.24, 2.45) is 5.73 Å². The molecule has 0 radical (unpaired) electrons. The van der Waals surface area contributed by atoms with E-state index in [9.17, 15) is 14.0 Å². The van der Waals surface area contributed by atoms with Gasteiger partial charge in [0.2, 0.25) is 0 Å². The minimum absolute atomic E-state index is 0.0352. The van der Waals surface area contributed by atoms with Gasteiger partial charge in [-0.05, 0) is 55.3 Å². The molecular weight excluding hydrogens is 449 g/mol. The summed E-state index contributed by atoms with van der Waals surface area (Å²) in [5.74, 6) is 5.84. The summed E-state index contributed by atoms with van der Waals surface area (Å²) in [7, 11) is 1.62. The van der Waals surface area contributed by atoms with Gasteiger partial charge >= 0.3 is 6.03 Å². The van der Waals surface area contributed by atoms with E-state index in [1.165, 1.54) is 17.0 Å². The summed E-state index contributed by atoms with van der Waals surface area (Å²) in [4.78, 5) is 27.3. The zero-order chi connectivity index (χ0) is 25.2. The first-order chi connectivity index (χ1) is 16.6. The van der Waals surface area contributed by atoms with Gasteiger partial charge in [-0.1, -0.05) is 24.0 Å². The highest BCUT2D eigenvalue weighted by Crippen LogP contribution is 2.31. The largest absolute Gasteiger partial charge is 0.489 e. The molecule has 2 amide bonds. The number of rotatable bonds is 3. The number of carbonyl (C=O) groups excluding carboxylic acids is 2. The molecule has 1 unspecified atom stereocenters. The van der Waals surface area contributed by atoms with Crippen LogP contribution in [0.3, 0.4) is 0 Å². The van der Waals surface area contributed by atoms with E-state index in [-0.39, 0.29) is 18.3 Å². The van der Waals surface area contributed by atoms with E-state index in [2.05, 4.69) is 22.3 Å². The second-order valence-electron chi connectivity index (χ2n) is 8.96. The van der Waals surface area contributed by atoms with E-state index >= 15 is 0 Å². The smallest absolute Gasteiger partial charge is 0.342 e. The average Bonchev–Trinajstić information content (AvgIpc) is 3.25. The van der Waals surface area contributed by atoms with E-state index in [4.69, 9.17) is 10.5 Å². The van der Waals surface area contributed by atoms with Crippen molar-refractivity contribution < 1.29 is 18.7 Å². The van der Waals surface area contributed by atoms with Gasteiger partial charge in [-0.25, -0.2) is 9.18 Å². The molecule has 8 nitrogen and oxygen atoms in total. The highest BCUT2D eigenvalue weighted by Gasteiger charge is 2.31. The molecule has 4 rings (SSSR count). The molecule has 1 aromatic heterocycles. The van der Waals surface area contributed by atoms with Crippen LogP contribution in [0.15, 0.2) is 54.9 Å². The zero-order valence-electron chi connectivity index (χ0n) is 19.7. The molecule has 0 saturated heterocycles. The van der Waals surface area contributed by atoms with Gasteiger partial charge in [-0.3, -0.25) is 4.79 Å². The maximum atomic E-state index is 13.1. The van der Waals surface area contributed by atoms with Gasteiger partial charge < -0.3 is 20.7 Å². The normalized spacial score (nSPS) is 15.4. The lowest BCUT2D eigenvalue weighted by Crippen LogP contribution is -2.50. The third-order valence-corrected chi connectivity index (χ3v) is 5.35. The highest BCUT2D eigenvalue weighted by atomic mass is 19.1. The van der Waals surface area contributed by atoms with Crippen LogP contribution in [-0.4, -0.2) is 47.0 Å². The summed E-state index contributed by atoms with van der Waals surface area (Å²) in [5.41, 5.74) is 8.18. The number of likely N-dealkylation sites (N-methyl/N-ethyl adjacent to an activating group) is 1. The van der Waals surface area contributed by atoms with E-state index < -0.39 is 17.6 Å². The van der Waals surface area contributed by atoms with Crippen LogP contribution < -0.4 is 20.7 Å². The van der Waals surface area contributed by atoms with Gasteiger partial charge in [0.25, 0.3) is 5.91 Å². The molecule has 0 spiro atoms. The van der Waals surface area contributed by atoms with E-state index in [0.29, 0.717) is 23.4 Å². The Morgan fingerprint density at radius 3 is 2.71 bits per heavy atom. The molecular formula is C26H26FN5O3. The predicted molar refractivity (Wildman–Crippen MR) is 130 cm³/mol. The number of carbonyl (C=O) groups is 2. The number of fused-ring (bicyclic) bond motifs is 1. The summed E-state index contributed by atoms with van der Waals surface area (Å²) in [6.07, 6.45) is 3.62. The molecule has 180 valence electrons. The van der Waals surface area contributed by atoms with Crippen molar-refractivity contribution in [2.45, 2.75) is 31.8 Å². The quantitative estimate of drug-likeness (QED) is 0.567. The van der Waals surface area contributed by atoms with Crippen LogP contribution in [0.4, 0.5) is 14.9 Å². The number of benzene rings is 2. The Balaban J connectivity index is 1.45. The molecule has 3 N–H and O–H groups in total. The number of hydrogen-bond donors (Lipinski definition) is 2. The third kappa shape index (κ3) is 5.86. The van der Waals surface area contributed by atoms with Crippen molar-refractivity contribution in [3.8, 4) is 17.6 Å². The molecule has 1 aliphatic heterocycles. The second-order valence-corrected chi connectivity index (χ2v) is 8.96. The molecule has 0 fully saturated rings. The minimum atomic E-state index is -0.915. The summed E-state index contributed by atoms with van der Waals surface area (Å²) < 4.78 is 20.1. The first-order valence-electron chi connectivity index (χ1n) is 11.0. The number of halogens is 1. The van der Waals surface area contributed by atoms with Gasteiger partial charge in [0, 0.05) is 25.2 Å². The maximum Gasteiger partial charge on any atom is 0.342 e. The average molecular weight is 476 g/mol. The summed E-state index contributed by atoms with van der Waals surface area (Å²) in [6, 6.07) is 9.93. The zero-order valence-corrected chi connectivity index (χ0v) is 19.7. The molecule has 1 atom stereocenters. The molecule has 2 aromatic carbocycles. The van der Waals surface area contributed by atoms with Crippen LogP contribution >= 0.6 is 0 Å². The molecule has 9 heteroatoms. The van der Waals surface area contributed by atoms with Gasteiger partial charge in [0.1, 0.15) is 24.2 Å². The lowest BCUT2D eigenvalue weighted by molar-refractivity contribution is -0.120. The second kappa shape index (κ2) is 9.60. The standard InChI is InChI=1S/C26H26FN5O3/c1-26(2,28)11-10-18-6-9-23-22(13-18)31(3)24(33)21(16-35-23)30-25(34)32-15-19(14-29-32)12-17-4-7-20(27)8-5-17/h4-9,13-15,21H,12,16,28H2,1-3H3,(H,30,34). The molecule has 0 bridgehead atoms. The van der Waals surface area contributed by atoms with Crippen molar-refractivity contribution in [2.75, 3.05) is 18.6 Å². The Morgan fingerprint density at radius 1 is 1.26 bits per heavy atom. The minimum Gasteiger partial charge on any atom is -0.489 e. The first kappa shape index (κ1) is 24.0. The predicted octanol–water partition coefficient (Wildman–Crippen LogP) is 2.68. The number of aromatic nitrogens is 2. The van der Waals surface area contributed by atoms with Crippen molar-refractivity contribution in [3.63, 3.8) is 0 Å². The number of nitrogens with zero attached hydrogens (tertiary/aromatic N) is 3. The number of anilines is 1. The van der Waals surface area contributed by atoms with Crippen molar-refractivity contribution in [3.05, 3.63) is 77.4 Å². The van der Waals surface area contributed by atoms with Crippen LogP contribution in [0.25, 0.3) is 0 Å². The Bertz CT molecular complexity index is 1320. The van der Waals surface area contributed by atoms with E-state index in [1.807, 2.05) is 0 Å². The summed E-state index contributed by atoms with van der Waals surface area (Å²) >= 11 is 0. The Hall–Kier alpha value is -4.16. The summed E-state index contributed by atoms with van der Waals surface area (Å²) in [6.45, 7) is 3.58. The monoisotopic (exact) mass is 475 g/mol. The fourth-order valence-corrected chi connectivity index (χ4v) is 3.53. The van der Waals surface area contributed by atoms with Crippen molar-refractivity contribution in [1.29, 1.82) is 0 Å². The van der Waals surface area contributed by atoms with Crippen LogP contribution in [0.2, 0.25) is 0 Å². The first-order valence-corrected chi connectivity index (χ1v) is 11.0. The molecule has 0 saturated carbocycles. The highest BCUT2D eigenvalue weighted by molar-refractivity contribution is 6.00. The molecule has 35 heavy (non-hydrogen) atoms. The van der Waals surface area contributed by atoms with Crippen molar-refractivity contribution in [1.82, 2.24) is 15.1 Å². The number of amides is 2. The maximum absolute atomic E-state index is 13.1.